The predicted octanol–water partition coefficient (Wildman–Crippen LogP) is 4.36. The van der Waals surface area contributed by atoms with Gasteiger partial charge >= 0.3 is 0 Å². The van der Waals surface area contributed by atoms with E-state index in [2.05, 4.69) is 5.32 Å². The number of hydrogen-bond donors (Lipinski definition) is 1. The smallest absolute Gasteiger partial charge is 0.244 e. The van der Waals surface area contributed by atoms with Crippen molar-refractivity contribution < 1.29 is 18.0 Å². The van der Waals surface area contributed by atoms with E-state index in [1.807, 2.05) is 6.92 Å². The first-order valence-corrected chi connectivity index (χ1v) is 13.2. The first kappa shape index (κ1) is 27.2. The number of sulfonamides is 1. The summed E-state index contributed by atoms with van der Waals surface area (Å²) >= 11 is 18.5. The quantitative estimate of drug-likeness (QED) is 0.491. The van der Waals surface area contributed by atoms with Crippen LogP contribution < -0.4 is 9.62 Å². The molecule has 0 aromatic heterocycles. The number of nitrogens with zero attached hydrogens (tertiary/aromatic N) is 2. The molecule has 2 amide bonds. The lowest BCUT2D eigenvalue weighted by Gasteiger charge is -2.32. The van der Waals surface area contributed by atoms with Gasteiger partial charge in [0.15, 0.2) is 0 Å². The molecule has 0 fully saturated rings. The van der Waals surface area contributed by atoms with Crippen LogP contribution in [0.1, 0.15) is 25.8 Å². The normalized spacial score (nSPS) is 12.2. The van der Waals surface area contributed by atoms with Gasteiger partial charge in [-0.05, 0) is 49.7 Å². The van der Waals surface area contributed by atoms with Crippen molar-refractivity contribution >= 4 is 62.3 Å². The summed E-state index contributed by atoms with van der Waals surface area (Å²) in [6.45, 7) is 3.33. The zero-order valence-corrected chi connectivity index (χ0v) is 21.6. The number of carbonyl (C=O) groups is 2. The minimum absolute atomic E-state index is 0.0731. The maximum absolute atomic E-state index is 13.4. The van der Waals surface area contributed by atoms with Crippen LogP contribution >= 0.6 is 34.8 Å². The minimum atomic E-state index is -3.82. The fraction of sp³-hybridized carbons (Fsp3) is 0.364. The SMILES string of the molecule is CCCNC(=O)C(C)N(Cc1c(Cl)cccc1Cl)C(=O)CN(c1ccc(Cl)cc1)S(C)(=O)=O. The van der Waals surface area contributed by atoms with Gasteiger partial charge in [-0.3, -0.25) is 13.9 Å². The van der Waals surface area contributed by atoms with Crippen LogP contribution in [0.5, 0.6) is 0 Å². The summed E-state index contributed by atoms with van der Waals surface area (Å²) in [6.07, 6.45) is 1.72. The molecule has 0 saturated heterocycles. The van der Waals surface area contributed by atoms with Crippen LogP contribution in [-0.2, 0) is 26.2 Å². The fourth-order valence-electron chi connectivity index (χ4n) is 3.05. The highest BCUT2D eigenvalue weighted by molar-refractivity contribution is 7.92. The number of hydrogen-bond acceptors (Lipinski definition) is 4. The van der Waals surface area contributed by atoms with Crippen LogP contribution in [-0.4, -0.2) is 50.5 Å². The maximum Gasteiger partial charge on any atom is 0.244 e. The van der Waals surface area contributed by atoms with Crippen LogP contribution in [0.2, 0.25) is 15.1 Å². The zero-order valence-electron chi connectivity index (χ0n) is 18.5. The van der Waals surface area contributed by atoms with Crippen molar-refractivity contribution in [1.29, 1.82) is 0 Å². The van der Waals surface area contributed by atoms with Crippen molar-refractivity contribution in [3.63, 3.8) is 0 Å². The van der Waals surface area contributed by atoms with Crippen LogP contribution in [0.15, 0.2) is 42.5 Å². The molecule has 0 spiro atoms. The van der Waals surface area contributed by atoms with Gasteiger partial charge in [-0.25, -0.2) is 8.42 Å². The van der Waals surface area contributed by atoms with E-state index in [9.17, 15) is 18.0 Å². The molecule has 0 aliphatic rings. The second-order valence-corrected chi connectivity index (χ2v) is 10.6. The number of halogens is 3. The van der Waals surface area contributed by atoms with Crippen molar-refractivity contribution in [1.82, 2.24) is 10.2 Å². The summed E-state index contributed by atoms with van der Waals surface area (Å²) in [4.78, 5) is 27.4. The monoisotopic (exact) mass is 533 g/mol. The van der Waals surface area contributed by atoms with E-state index in [0.717, 1.165) is 17.0 Å². The van der Waals surface area contributed by atoms with Crippen molar-refractivity contribution in [2.75, 3.05) is 23.7 Å². The summed E-state index contributed by atoms with van der Waals surface area (Å²) in [5, 5.41) is 3.85. The summed E-state index contributed by atoms with van der Waals surface area (Å²) in [5.74, 6) is -0.962. The lowest BCUT2D eigenvalue weighted by Crippen LogP contribution is -2.51. The third-order valence-electron chi connectivity index (χ3n) is 4.90. The van der Waals surface area contributed by atoms with Crippen LogP contribution in [0.3, 0.4) is 0 Å². The fourth-order valence-corrected chi connectivity index (χ4v) is 4.55. The second kappa shape index (κ2) is 11.9. The molecule has 1 N–H and O–H groups in total. The highest BCUT2D eigenvalue weighted by Crippen LogP contribution is 2.27. The Morgan fingerprint density at radius 1 is 1.03 bits per heavy atom. The Bertz CT molecular complexity index is 1070. The molecule has 0 aliphatic carbocycles. The van der Waals surface area contributed by atoms with Crippen LogP contribution in [0.25, 0.3) is 0 Å². The summed E-state index contributed by atoms with van der Waals surface area (Å²) in [7, 11) is -3.82. The van der Waals surface area contributed by atoms with E-state index < -0.39 is 28.5 Å². The molecule has 7 nitrogen and oxygen atoms in total. The molecule has 33 heavy (non-hydrogen) atoms. The number of nitrogens with one attached hydrogen (secondary N) is 1. The van der Waals surface area contributed by atoms with E-state index >= 15 is 0 Å². The molecule has 180 valence electrons. The van der Waals surface area contributed by atoms with Crippen LogP contribution in [0.4, 0.5) is 5.69 Å². The molecule has 2 rings (SSSR count). The molecule has 1 atom stereocenters. The van der Waals surface area contributed by atoms with Gasteiger partial charge in [-0.1, -0.05) is 47.8 Å². The zero-order chi connectivity index (χ0) is 24.8. The molecule has 2 aromatic rings. The van der Waals surface area contributed by atoms with Crippen molar-refractivity contribution in [3.05, 3.63) is 63.1 Å². The van der Waals surface area contributed by atoms with E-state index in [1.165, 1.54) is 29.2 Å². The lowest BCUT2D eigenvalue weighted by atomic mass is 10.1. The van der Waals surface area contributed by atoms with Gasteiger partial charge in [0.1, 0.15) is 12.6 Å². The van der Waals surface area contributed by atoms with Gasteiger partial charge in [0, 0.05) is 33.7 Å². The molecule has 0 heterocycles. The molecule has 2 aromatic carbocycles. The number of anilines is 1. The Morgan fingerprint density at radius 2 is 1.61 bits per heavy atom. The van der Waals surface area contributed by atoms with E-state index in [-0.39, 0.29) is 18.1 Å². The molecule has 11 heteroatoms. The topological polar surface area (TPSA) is 86.8 Å². The highest BCUT2D eigenvalue weighted by Gasteiger charge is 2.30. The number of carbonyl (C=O) groups excluding carboxylic acids is 2. The van der Waals surface area contributed by atoms with Crippen molar-refractivity contribution in [3.8, 4) is 0 Å². The number of benzene rings is 2. The molecule has 1 unspecified atom stereocenters. The van der Waals surface area contributed by atoms with Gasteiger partial charge in [-0.2, -0.15) is 0 Å². The van der Waals surface area contributed by atoms with Gasteiger partial charge in [0.25, 0.3) is 0 Å². The Hall–Kier alpha value is -2.00. The highest BCUT2D eigenvalue weighted by atomic mass is 35.5. The maximum atomic E-state index is 13.4. The Labute approximate surface area is 209 Å². The molecule has 0 saturated carbocycles. The van der Waals surface area contributed by atoms with Gasteiger partial charge < -0.3 is 10.2 Å². The van der Waals surface area contributed by atoms with Gasteiger partial charge in [0.05, 0.1) is 11.9 Å². The van der Waals surface area contributed by atoms with Gasteiger partial charge in [-0.15, -0.1) is 0 Å². The van der Waals surface area contributed by atoms with Crippen molar-refractivity contribution in [2.45, 2.75) is 32.9 Å². The molecule has 0 aliphatic heterocycles. The largest absolute Gasteiger partial charge is 0.354 e. The second-order valence-electron chi connectivity index (χ2n) is 7.43. The average Bonchev–Trinajstić information content (AvgIpc) is 2.75. The average molecular weight is 535 g/mol. The predicted molar refractivity (Wildman–Crippen MR) is 133 cm³/mol. The summed E-state index contributed by atoms with van der Waals surface area (Å²) in [5.41, 5.74) is 0.732. The van der Waals surface area contributed by atoms with Crippen LogP contribution in [0, 0.1) is 0 Å². The molecule has 0 bridgehead atoms. The lowest BCUT2D eigenvalue weighted by molar-refractivity contribution is -0.139. The molecular weight excluding hydrogens is 509 g/mol. The minimum Gasteiger partial charge on any atom is -0.354 e. The van der Waals surface area contributed by atoms with E-state index in [0.29, 0.717) is 27.2 Å². The third kappa shape index (κ3) is 7.50. The van der Waals surface area contributed by atoms with Crippen molar-refractivity contribution in [2.24, 2.45) is 0 Å². The Kier molecular flexibility index (Phi) is 9.84. The third-order valence-corrected chi connectivity index (χ3v) is 7.00. The first-order valence-electron chi connectivity index (χ1n) is 10.2. The summed E-state index contributed by atoms with van der Waals surface area (Å²) < 4.78 is 25.9. The Morgan fingerprint density at radius 3 is 2.12 bits per heavy atom. The summed E-state index contributed by atoms with van der Waals surface area (Å²) in [6, 6.07) is 10.1. The molecular formula is C22H26Cl3N3O4S. The first-order chi connectivity index (χ1) is 15.5. The van der Waals surface area contributed by atoms with E-state index in [1.54, 1.807) is 25.1 Å². The number of rotatable bonds is 10. The van der Waals surface area contributed by atoms with E-state index in [4.69, 9.17) is 34.8 Å². The number of amides is 2. The molecule has 0 radical (unpaired) electrons. The Balaban J connectivity index is 2.42. The van der Waals surface area contributed by atoms with Gasteiger partial charge in [0.2, 0.25) is 21.8 Å². The standard InChI is InChI=1S/C22H26Cl3N3O4S/c1-4-12-26-22(30)15(2)27(13-18-19(24)6-5-7-20(18)25)21(29)14-28(33(3,31)32)17-10-8-16(23)9-11-17/h5-11,15H,4,12-14H2,1-3H3,(H,26,30).